The van der Waals surface area contributed by atoms with Crippen molar-refractivity contribution in [2.75, 3.05) is 40.3 Å². The van der Waals surface area contributed by atoms with Gasteiger partial charge in [-0.05, 0) is 73.5 Å². The van der Waals surface area contributed by atoms with Gasteiger partial charge in [-0.3, -0.25) is 4.79 Å². The van der Waals surface area contributed by atoms with Crippen LogP contribution in [-0.2, 0) is 17.6 Å². The largest absolute Gasteiger partial charge is 0.497 e. The van der Waals surface area contributed by atoms with Crippen molar-refractivity contribution in [3.05, 3.63) is 65.5 Å². The molecule has 5 heteroatoms. The molecule has 1 aliphatic rings. The molecule has 4 nitrogen and oxygen atoms in total. The van der Waals surface area contributed by atoms with Crippen molar-refractivity contribution in [2.45, 2.75) is 32.1 Å². The van der Waals surface area contributed by atoms with Crippen molar-refractivity contribution < 1.29 is 13.9 Å². The fourth-order valence-electron chi connectivity index (χ4n) is 4.17. The summed E-state index contributed by atoms with van der Waals surface area (Å²) in [6.45, 7) is 3.93. The monoisotopic (exact) mass is 412 g/mol. The number of hydrogen-bond donors (Lipinski definition) is 0. The zero-order valence-electron chi connectivity index (χ0n) is 18.1. The second-order valence-corrected chi connectivity index (χ2v) is 8.31. The average Bonchev–Trinajstić information content (AvgIpc) is 2.77. The molecule has 0 aliphatic carbocycles. The third-order valence-corrected chi connectivity index (χ3v) is 5.98. The van der Waals surface area contributed by atoms with E-state index >= 15 is 0 Å². The molecule has 0 aromatic heterocycles. The number of halogens is 1. The van der Waals surface area contributed by atoms with Crippen LogP contribution in [0.25, 0.3) is 0 Å². The normalized spacial score (nSPS) is 17.0. The van der Waals surface area contributed by atoms with Crippen molar-refractivity contribution in [3.63, 3.8) is 0 Å². The van der Waals surface area contributed by atoms with Crippen LogP contribution < -0.4 is 4.74 Å². The molecular formula is C25H33FN2O2. The van der Waals surface area contributed by atoms with Crippen LogP contribution in [0.3, 0.4) is 0 Å². The minimum atomic E-state index is -0.184. The van der Waals surface area contributed by atoms with E-state index in [0.29, 0.717) is 12.3 Å². The first-order valence-corrected chi connectivity index (χ1v) is 10.9. The lowest BCUT2D eigenvalue weighted by Crippen LogP contribution is -2.42. The highest BCUT2D eigenvalue weighted by atomic mass is 19.1. The van der Waals surface area contributed by atoms with Gasteiger partial charge in [-0.1, -0.05) is 24.3 Å². The van der Waals surface area contributed by atoms with Crippen LogP contribution in [-0.4, -0.2) is 56.0 Å². The fourth-order valence-corrected chi connectivity index (χ4v) is 4.17. The summed E-state index contributed by atoms with van der Waals surface area (Å²) >= 11 is 0. The average molecular weight is 413 g/mol. The molecule has 0 N–H and O–H groups in total. The maximum atomic E-state index is 13.1. The van der Waals surface area contributed by atoms with E-state index in [0.717, 1.165) is 50.3 Å². The highest BCUT2D eigenvalue weighted by molar-refractivity contribution is 5.76. The molecule has 162 valence electrons. The van der Waals surface area contributed by atoms with Crippen molar-refractivity contribution in [1.29, 1.82) is 0 Å². The number of benzene rings is 2. The number of nitrogens with zero attached hydrogens (tertiary/aromatic N) is 2. The van der Waals surface area contributed by atoms with Crippen LogP contribution in [0, 0.1) is 11.7 Å². The summed E-state index contributed by atoms with van der Waals surface area (Å²) in [5.74, 6) is 1.37. The van der Waals surface area contributed by atoms with Crippen molar-refractivity contribution in [1.82, 2.24) is 9.80 Å². The number of hydrogen-bond acceptors (Lipinski definition) is 3. The maximum absolute atomic E-state index is 13.1. The molecule has 0 radical (unpaired) electrons. The Kier molecular flexibility index (Phi) is 8.26. The first-order chi connectivity index (χ1) is 14.5. The number of amides is 1. The van der Waals surface area contributed by atoms with Crippen molar-refractivity contribution in [2.24, 2.45) is 5.92 Å². The van der Waals surface area contributed by atoms with Crippen LogP contribution in [0.1, 0.15) is 30.4 Å². The van der Waals surface area contributed by atoms with E-state index in [1.54, 1.807) is 7.11 Å². The predicted molar refractivity (Wildman–Crippen MR) is 118 cm³/mol. The van der Waals surface area contributed by atoms with Gasteiger partial charge in [0.2, 0.25) is 5.91 Å². The molecule has 0 spiro atoms. The Balaban J connectivity index is 1.40. The number of carbonyl (C=O) groups excluding carboxylic acids is 1. The number of ether oxygens (including phenoxy) is 1. The number of aryl methyl sites for hydroxylation is 1. The van der Waals surface area contributed by atoms with E-state index in [-0.39, 0.29) is 11.7 Å². The quantitative estimate of drug-likeness (QED) is 0.619. The molecule has 2 aromatic carbocycles. The van der Waals surface area contributed by atoms with E-state index in [1.165, 1.54) is 30.5 Å². The van der Waals surface area contributed by atoms with Gasteiger partial charge in [0.15, 0.2) is 0 Å². The summed E-state index contributed by atoms with van der Waals surface area (Å²) in [5.41, 5.74) is 2.33. The first-order valence-electron chi connectivity index (χ1n) is 10.9. The lowest BCUT2D eigenvalue weighted by Gasteiger charge is -2.34. The third kappa shape index (κ3) is 6.84. The standard InChI is InChI=1S/C25H33FN2O2/c1-27(25(29)14-9-20-7-12-24(30-2)13-8-20)18-22-4-3-16-28(19-22)17-15-21-5-10-23(26)11-6-21/h5-8,10-13,22H,3-4,9,14-19H2,1-2H3/t22-/m1/s1. The second-order valence-electron chi connectivity index (χ2n) is 8.31. The van der Waals surface area contributed by atoms with Gasteiger partial charge < -0.3 is 14.5 Å². The molecule has 0 saturated carbocycles. The number of rotatable bonds is 9. The minimum absolute atomic E-state index is 0.184. The highest BCUT2D eigenvalue weighted by Gasteiger charge is 2.22. The van der Waals surface area contributed by atoms with E-state index in [4.69, 9.17) is 4.74 Å². The summed E-state index contributed by atoms with van der Waals surface area (Å²) in [6, 6.07) is 14.7. The van der Waals surface area contributed by atoms with Gasteiger partial charge >= 0.3 is 0 Å². The van der Waals surface area contributed by atoms with Crippen LogP contribution >= 0.6 is 0 Å². The molecule has 1 heterocycles. The Hall–Kier alpha value is -2.40. The zero-order valence-corrected chi connectivity index (χ0v) is 18.1. The van der Waals surface area contributed by atoms with E-state index in [1.807, 2.05) is 48.3 Å². The molecule has 3 rings (SSSR count). The number of methoxy groups -OCH3 is 1. The zero-order chi connectivity index (χ0) is 21.3. The van der Waals surface area contributed by atoms with Crippen LogP contribution in [0.4, 0.5) is 4.39 Å². The maximum Gasteiger partial charge on any atom is 0.222 e. The minimum Gasteiger partial charge on any atom is -0.497 e. The van der Waals surface area contributed by atoms with E-state index in [9.17, 15) is 9.18 Å². The number of carbonyl (C=O) groups is 1. The Bertz CT molecular complexity index is 792. The molecule has 1 atom stereocenters. The smallest absolute Gasteiger partial charge is 0.222 e. The molecular weight excluding hydrogens is 379 g/mol. The van der Waals surface area contributed by atoms with Gasteiger partial charge in [0.1, 0.15) is 11.6 Å². The summed E-state index contributed by atoms with van der Waals surface area (Å²) < 4.78 is 18.2. The summed E-state index contributed by atoms with van der Waals surface area (Å²) in [7, 11) is 3.58. The first kappa shape index (κ1) is 22.3. The van der Waals surface area contributed by atoms with Crippen molar-refractivity contribution >= 4 is 5.91 Å². The third-order valence-electron chi connectivity index (χ3n) is 5.98. The van der Waals surface area contributed by atoms with Crippen molar-refractivity contribution in [3.8, 4) is 5.75 Å². The number of likely N-dealkylation sites (tertiary alicyclic amines) is 1. The molecule has 1 saturated heterocycles. The van der Waals surface area contributed by atoms with Gasteiger partial charge in [-0.2, -0.15) is 0 Å². The topological polar surface area (TPSA) is 32.8 Å². The molecule has 1 amide bonds. The Morgan fingerprint density at radius 1 is 1.10 bits per heavy atom. The van der Waals surface area contributed by atoms with Gasteiger partial charge in [-0.25, -0.2) is 4.39 Å². The second kappa shape index (κ2) is 11.1. The lowest BCUT2D eigenvalue weighted by atomic mass is 9.97. The van der Waals surface area contributed by atoms with Gasteiger partial charge in [0, 0.05) is 33.1 Å². The van der Waals surface area contributed by atoms with Gasteiger partial charge in [0.25, 0.3) is 0 Å². The van der Waals surface area contributed by atoms with Crippen LogP contribution in [0.5, 0.6) is 5.75 Å². The van der Waals surface area contributed by atoms with E-state index < -0.39 is 0 Å². The van der Waals surface area contributed by atoms with Gasteiger partial charge in [0.05, 0.1) is 7.11 Å². The summed E-state index contributed by atoms with van der Waals surface area (Å²) in [5, 5.41) is 0. The molecule has 0 bridgehead atoms. The van der Waals surface area contributed by atoms with Crippen LogP contribution in [0.2, 0.25) is 0 Å². The molecule has 30 heavy (non-hydrogen) atoms. The Morgan fingerprint density at radius 3 is 2.47 bits per heavy atom. The summed E-state index contributed by atoms with van der Waals surface area (Å²) in [6.07, 6.45) is 4.56. The molecule has 1 fully saturated rings. The van der Waals surface area contributed by atoms with Crippen LogP contribution in [0.15, 0.2) is 48.5 Å². The molecule has 1 aliphatic heterocycles. The Labute approximate surface area is 179 Å². The summed E-state index contributed by atoms with van der Waals surface area (Å²) in [4.78, 5) is 17.0. The lowest BCUT2D eigenvalue weighted by molar-refractivity contribution is -0.130. The molecule has 0 unspecified atom stereocenters. The Morgan fingerprint density at radius 2 is 1.77 bits per heavy atom. The van der Waals surface area contributed by atoms with Gasteiger partial charge in [-0.15, -0.1) is 0 Å². The molecule has 2 aromatic rings. The number of piperidine rings is 1. The predicted octanol–water partition coefficient (Wildman–Crippen LogP) is 4.18. The SMILES string of the molecule is COc1ccc(CCC(=O)N(C)C[C@H]2CCCN(CCc3ccc(F)cc3)C2)cc1. The highest BCUT2D eigenvalue weighted by Crippen LogP contribution is 2.19. The van der Waals surface area contributed by atoms with E-state index in [2.05, 4.69) is 4.90 Å². The fraction of sp³-hybridized carbons (Fsp3) is 0.480.